The van der Waals surface area contributed by atoms with Gasteiger partial charge in [0.25, 0.3) is 0 Å². The maximum absolute atomic E-state index is 13.3. The van der Waals surface area contributed by atoms with Crippen molar-refractivity contribution in [2.24, 2.45) is 0 Å². The van der Waals surface area contributed by atoms with Gasteiger partial charge >= 0.3 is 12.5 Å². The quantitative estimate of drug-likeness (QED) is 0.541. The maximum Gasteiger partial charge on any atom is 0.461 e. The van der Waals surface area contributed by atoms with Gasteiger partial charge in [-0.25, -0.2) is 0 Å². The molecule has 0 aromatic heterocycles. The van der Waals surface area contributed by atoms with Crippen LogP contribution < -0.4 is 10.1 Å². The van der Waals surface area contributed by atoms with Crippen LogP contribution in [0.25, 0.3) is 0 Å². The minimum absolute atomic E-state index is 0. The van der Waals surface area contributed by atoms with Gasteiger partial charge in [-0.2, -0.15) is 17.6 Å². The Labute approximate surface area is 157 Å². The fourth-order valence-corrected chi connectivity index (χ4v) is 2.66. The smallest absolute Gasteiger partial charge is 0.428 e. The van der Waals surface area contributed by atoms with Crippen LogP contribution in [0.5, 0.6) is 5.75 Å². The average Bonchev–Trinajstić information content (AvgIpc) is 2.54. The number of rotatable bonds is 7. The predicted molar refractivity (Wildman–Crippen MR) is 94.5 cm³/mol. The maximum atomic E-state index is 13.3. The molecule has 0 unspecified atom stereocenters. The first-order chi connectivity index (χ1) is 11.0. The summed E-state index contributed by atoms with van der Waals surface area (Å²) >= 11 is 0. The average molecular weight is 405 g/mol. The van der Waals surface area contributed by atoms with E-state index < -0.39 is 12.5 Å². The van der Waals surface area contributed by atoms with Crippen LogP contribution in [0.15, 0.2) is 36.9 Å². The molecule has 2 rings (SSSR count). The highest BCUT2D eigenvalue weighted by molar-refractivity contribution is 5.85. The molecule has 1 N–H and O–H groups in total. The molecule has 144 valence electrons. The van der Waals surface area contributed by atoms with E-state index in [2.05, 4.69) is 21.5 Å². The van der Waals surface area contributed by atoms with Crippen LogP contribution >= 0.6 is 24.8 Å². The minimum Gasteiger partial charge on any atom is -0.428 e. The van der Waals surface area contributed by atoms with Crippen molar-refractivity contribution in [1.82, 2.24) is 10.2 Å². The van der Waals surface area contributed by atoms with Gasteiger partial charge in [-0.15, -0.1) is 31.4 Å². The summed E-state index contributed by atoms with van der Waals surface area (Å²) in [4.78, 5) is 2.11. The van der Waals surface area contributed by atoms with Crippen molar-refractivity contribution in [3.63, 3.8) is 0 Å². The number of hydrogen-bond acceptors (Lipinski definition) is 3. The van der Waals surface area contributed by atoms with Gasteiger partial charge in [0, 0.05) is 37.8 Å². The molecule has 0 amide bonds. The van der Waals surface area contributed by atoms with Crippen molar-refractivity contribution in [1.29, 1.82) is 0 Å². The zero-order chi connectivity index (χ0) is 16.9. The molecule has 0 saturated carbocycles. The molecular weight excluding hydrogens is 383 g/mol. The SMILES string of the molecule is C=CC[C@H](c1ccccc1OC(F)(F)C(F)F)N1CCNCC1.Cl.Cl. The molecule has 1 aromatic rings. The number of benzene rings is 1. The van der Waals surface area contributed by atoms with Crippen molar-refractivity contribution >= 4 is 24.8 Å². The number of nitrogens with one attached hydrogen (secondary N) is 1. The summed E-state index contributed by atoms with van der Waals surface area (Å²) < 4.78 is 55.8. The summed E-state index contributed by atoms with van der Waals surface area (Å²) in [6.45, 7) is 6.73. The summed E-state index contributed by atoms with van der Waals surface area (Å²) in [5, 5.41) is 3.21. The molecule has 0 bridgehead atoms. The molecule has 1 aliphatic heterocycles. The molecule has 1 aliphatic rings. The van der Waals surface area contributed by atoms with E-state index in [-0.39, 0.29) is 36.6 Å². The molecule has 0 aliphatic carbocycles. The van der Waals surface area contributed by atoms with Gasteiger partial charge in [0.1, 0.15) is 5.75 Å². The second kappa shape index (κ2) is 10.9. The van der Waals surface area contributed by atoms with E-state index in [9.17, 15) is 17.6 Å². The molecular formula is C16H22Cl2F4N2O. The van der Waals surface area contributed by atoms with Crippen LogP contribution in [0, 0.1) is 0 Å². The van der Waals surface area contributed by atoms with Crippen molar-refractivity contribution in [2.75, 3.05) is 26.2 Å². The summed E-state index contributed by atoms with van der Waals surface area (Å²) in [6.07, 6.45) is -6.19. The lowest BCUT2D eigenvalue weighted by molar-refractivity contribution is -0.253. The Morgan fingerprint density at radius 1 is 1.20 bits per heavy atom. The fraction of sp³-hybridized carbons (Fsp3) is 0.500. The van der Waals surface area contributed by atoms with E-state index in [4.69, 9.17) is 0 Å². The second-order valence-corrected chi connectivity index (χ2v) is 5.33. The molecule has 1 saturated heterocycles. The number of hydrogen-bond donors (Lipinski definition) is 1. The summed E-state index contributed by atoms with van der Waals surface area (Å²) in [5.41, 5.74) is 0.467. The van der Waals surface area contributed by atoms with Gasteiger partial charge in [0.15, 0.2) is 0 Å². The first-order valence-corrected chi connectivity index (χ1v) is 7.45. The van der Waals surface area contributed by atoms with Crippen LogP contribution in [0.4, 0.5) is 17.6 Å². The van der Waals surface area contributed by atoms with Crippen LogP contribution in [0.2, 0.25) is 0 Å². The van der Waals surface area contributed by atoms with Gasteiger partial charge in [0.05, 0.1) is 0 Å². The highest BCUT2D eigenvalue weighted by atomic mass is 35.5. The lowest BCUT2D eigenvalue weighted by atomic mass is 10.00. The Balaban J connectivity index is 0.00000288. The highest BCUT2D eigenvalue weighted by Gasteiger charge is 2.44. The first kappa shape index (κ1) is 24.0. The Kier molecular flexibility index (Phi) is 10.4. The molecule has 3 nitrogen and oxygen atoms in total. The molecule has 1 heterocycles. The summed E-state index contributed by atoms with van der Waals surface area (Å²) in [6, 6.07) is 5.86. The molecule has 0 radical (unpaired) electrons. The van der Waals surface area contributed by atoms with Crippen molar-refractivity contribution in [3.05, 3.63) is 42.5 Å². The molecule has 0 spiro atoms. The van der Waals surface area contributed by atoms with Gasteiger partial charge in [-0.05, 0) is 12.5 Å². The minimum atomic E-state index is -4.52. The number of para-hydroxylation sites is 1. The van der Waals surface area contributed by atoms with E-state index in [0.29, 0.717) is 12.0 Å². The van der Waals surface area contributed by atoms with E-state index >= 15 is 0 Å². The Hall–Kier alpha value is -1.02. The first-order valence-electron chi connectivity index (χ1n) is 7.45. The van der Waals surface area contributed by atoms with E-state index in [1.165, 1.54) is 12.1 Å². The third-order valence-electron chi connectivity index (χ3n) is 3.76. The monoisotopic (exact) mass is 404 g/mol. The summed E-state index contributed by atoms with van der Waals surface area (Å²) in [5.74, 6) is -0.219. The largest absolute Gasteiger partial charge is 0.461 e. The molecule has 25 heavy (non-hydrogen) atoms. The Morgan fingerprint density at radius 3 is 2.36 bits per heavy atom. The van der Waals surface area contributed by atoms with E-state index in [1.807, 2.05) is 0 Å². The molecule has 1 atom stereocenters. The standard InChI is InChI=1S/C16H20F4N2O.2ClH/c1-2-5-13(22-10-8-21-9-11-22)12-6-3-4-7-14(12)23-16(19,20)15(17)18;;/h2-4,6-7,13,15,21H,1,5,8-11H2;2*1H/t13-;;/m1../s1. The zero-order valence-corrected chi connectivity index (χ0v) is 15.1. The van der Waals surface area contributed by atoms with Gasteiger partial charge in [-0.3, -0.25) is 4.90 Å². The zero-order valence-electron chi connectivity index (χ0n) is 13.5. The Morgan fingerprint density at radius 2 is 1.80 bits per heavy atom. The number of nitrogens with zero attached hydrogens (tertiary/aromatic N) is 1. The number of piperazine rings is 1. The second-order valence-electron chi connectivity index (χ2n) is 5.33. The third-order valence-corrected chi connectivity index (χ3v) is 3.76. The molecule has 1 fully saturated rings. The van der Waals surface area contributed by atoms with Crippen LogP contribution in [-0.2, 0) is 0 Å². The molecule has 9 heteroatoms. The van der Waals surface area contributed by atoms with Crippen LogP contribution in [-0.4, -0.2) is 43.6 Å². The summed E-state index contributed by atoms with van der Waals surface area (Å²) in [7, 11) is 0. The van der Waals surface area contributed by atoms with Gasteiger partial charge in [-0.1, -0.05) is 24.3 Å². The molecule has 1 aromatic carbocycles. The predicted octanol–water partition coefficient (Wildman–Crippen LogP) is 4.29. The topological polar surface area (TPSA) is 24.5 Å². The van der Waals surface area contributed by atoms with Gasteiger partial charge < -0.3 is 10.1 Å². The van der Waals surface area contributed by atoms with E-state index in [0.717, 1.165) is 26.2 Å². The third kappa shape index (κ3) is 6.33. The lowest BCUT2D eigenvalue weighted by Gasteiger charge is -2.35. The van der Waals surface area contributed by atoms with Crippen molar-refractivity contribution in [2.45, 2.75) is 25.0 Å². The normalized spacial score (nSPS) is 16.5. The van der Waals surface area contributed by atoms with Crippen LogP contribution in [0.1, 0.15) is 18.0 Å². The highest BCUT2D eigenvalue weighted by Crippen LogP contribution is 2.36. The lowest BCUT2D eigenvalue weighted by Crippen LogP contribution is -2.45. The Bertz CT molecular complexity index is 529. The fourth-order valence-electron chi connectivity index (χ4n) is 2.66. The van der Waals surface area contributed by atoms with Crippen molar-refractivity contribution in [3.8, 4) is 5.75 Å². The number of halogens is 6. The number of alkyl halides is 4. The van der Waals surface area contributed by atoms with Crippen molar-refractivity contribution < 1.29 is 22.3 Å². The van der Waals surface area contributed by atoms with Gasteiger partial charge in [0.2, 0.25) is 0 Å². The van der Waals surface area contributed by atoms with E-state index in [1.54, 1.807) is 18.2 Å². The number of ether oxygens (including phenoxy) is 1. The van der Waals surface area contributed by atoms with Crippen LogP contribution in [0.3, 0.4) is 0 Å².